The Morgan fingerprint density at radius 2 is 0.826 bits per heavy atom. The van der Waals surface area contributed by atoms with Gasteiger partial charge in [0.05, 0.1) is 0 Å². The molecule has 0 heterocycles. The zero-order chi connectivity index (χ0) is 19.7. The fraction of sp³-hybridized carbons (Fsp3) is 1.00. The lowest BCUT2D eigenvalue weighted by Gasteiger charge is -2.38. The molecule has 0 aromatic heterocycles. The van der Waals surface area contributed by atoms with E-state index in [-0.39, 0.29) is 12.0 Å². The molecule has 0 aromatic carbocycles. The van der Waals surface area contributed by atoms with Crippen LogP contribution >= 0.6 is 0 Å². The van der Waals surface area contributed by atoms with Crippen LogP contribution in [-0.4, -0.2) is 46.9 Å². The molecule has 0 saturated heterocycles. The number of alkyl halides is 11. The van der Waals surface area contributed by atoms with Crippen molar-refractivity contribution in [3.8, 4) is 0 Å². The fourth-order valence-corrected chi connectivity index (χ4v) is 0.722. The van der Waals surface area contributed by atoms with Crippen molar-refractivity contribution in [2.24, 2.45) is 5.41 Å². The molecule has 23 heavy (non-hydrogen) atoms. The van der Waals surface area contributed by atoms with Gasteiger partial charge in [-0.1, -0.05) is 20.8 Å². The third kappa shape index (κ3) is 5.33. The molecule has 0 aliphatic carbocycles. The van der Waals surface area contributed by atoms with Crippen molar-refractivity contribution in [3.05, 3.63) is 0 Å². The van der Waals surface area contributed by atoms with Crippen molar-refractivity contribution in [3.63, 3.8) is 0 Å². The van der Waals surface area contributed by atoms with Crippen LogP contribution in [0.25, 0.3) is 0 Å². The molecule has 0 unspecified atom stereocenters. The summed E-state index contributed by atoms with van der Waals surface area (Å²) in [6.45, 7) is 6.25. The molecule has 0 atom stereocenters. The Morgan fingerprint density at radius 3 is 0.870 bits per heavy atom. The summed E-state index contributed by atoms with van der Waals surface area (Å²) < 4.78 is 129. The van der Waals surface area contributed by atoms with Gasteiger partial charge in [-0.25, -0.2) is 0 Å². The number of hydrogen-bond acceptors (Lipinski definition) is 2. The Balaban J connectivity index is 0. The summed E-state index contributed by atoms with van der Waals surface area (Å²) in [6, 6.07) is 0. The highest BCUT2D eigenvalue weighted by Gasteiger charge is 2.89. The van der Waals surface area contributed by atoms with Gasteiger partial charge in [0.2, 0.25) is 0 Å². The van der Waals surface area contributed by atoms with Crippen LogP contribution in [-0.2, 0) is 0 Å². The minimum atomic E-state index is -7.43. The highest BCUT2D eigenvalue weighted by Crippen LogP contribution is 2.56. The van der Waals surface area contributed by atoms with Gasteiger partial charge in [-0.2, -0.15) is 48.3 Å². The lowest BCUT2D eigenvalue weighted by atomic mass is 9.93. The summed E-state index contributed by atoms with van der Waals surface area (Å²) >= 11 is 0. The van der Waals surface area contributed by atoms with E-state index in [9.17, 15) is 48.3 Å². The Bertz CT molecular complexity index is 358. The lowest BCUT2D eigenvalue weighted by molar-refractivity contribution is -0.464. The molecule has 0 saturated carbocycles. The van der Waals surface area contributed by atoms with Gasteiger partial charge >= 0.3 is 30.1 Å². The second kappa shape index (κ2) is 6.57. The molecule has 0 aliphatic heterocycles. The largest absolute Gasteiger partial charge is 0.457 e. The van der Waals surface area contributed by atoms with E-state index in [2.05, 4.69) is 0 Å². The number of halogens is 11. The maximum Gasteiger partial charge on any atom is 0.457 e. The normalized spacial score (nSPS) is 15.1. The smallest absolute Gasteiger partial charge is 0.396 e. The number of aliphatic hydroxyl groups excluding tert-OH is 1. The molecule has 0 radical (unpaired) electrons. The van der Waals surface area contributed by atoms with E-state index in [0.717, 1.165) is 0 Å². The average molecular weight is 374 g/mol. The van der Waals surface area contributed by atoms with Crippen LogP contribution in [0, 0.1) is 5.41 Å². The van der Waals surface area contributed by atoms with Gasteiger partial charge in [-0.15, -0.1) is 0 Å². The van der Waals surface area contributed by atoms with Crippen LogP contribution in [0.3, 0.4) is 0 Å². The van der Waals surface area contributed by atoms with Crippen LogP contribution in [0.4, 0.5) is 48.3 Å². The van der Waals surface area contributed by atoms with Gasteiger partial charge in [0.25, 0.3) is 0 Å². The summed E-state index contributed by atoms with van der Waals surface area (Å²) in [7, 11) is 0. The Labute approximate surface area is 122 Å². The van der Waals surface area contributed by atoms with Crippen molar-refractivity contribution in [1.29, 1.82) is 0 Å². The molecule has 13 heteroatoms. The molecule has 0 amide bonds. The van der Waals surface area contributed by atoms with E-state index in [0.29, 0.717) is 0 Å². The van der Waals surface area contributed by atoms with Crippen molar-refractivity contribution < 1.29 is 58.5 Å². The van der Waals surface area contributed by atoms with Crippen molar-refractivity contribution in [2.45, 2.75) is 50.8 Å². The number of rotatable bonds is 1. The quantitative estimate of drug-likeness (QED) is 0.680. The van der Waals surface area contributed by atoms with Gasteiger partial charge in [0.15, 0.2) is 0 Å². The molecule has 0 aromatic rings. The van der Waals surface area contributed by atoms with Crippen molar-refractivity contribution >= 4 is 0 Å². The first-order chi connectivity index (χ1) is 9.56. The summed E-state index contributed by atoms with van der Waals surface area (Å²) in [6.07, 6.45) is -21.7. The maximum absolute atomic E-state index is 12.2. The SMILES string of the molecule is CC(C)(C)CO.OC(C(F)(F)F)(C(F)(F)F)C(F)(F)C(F)(F)F. The van der Waals surface area contributed by atoms with E-state index < -0.39 is 30.1 Å². The molecule has 2 nitrogen and oxygen atoms in total. The molecular formula is C10H13F11O2. The molecule has 142 valence electrons. The van der Waals surface area contributed by atoms with Crippen molar-refractivity contribution in [2.75, 3.05) is 6.61 Å². The van der Waals surface area contributed by atoms with Gasteiger partial charge in [0, 0.05) is 6.61 Å². The first-order valence-corrected chi connectivity index (χ1v) is 5.47. The number of aliphatic hydroxyl groups is 2. The topological polar surface area (TPSA) is 40.5 Å². The van der Waals surface area contributed by atoms with Crippen LogP contribution < -0.4 is 0 Å². The van der Waals surface area contributed by atoms with E-state index in [4.69, 9.17) is 10.2 Å². The van der Waals surface area contributed by atoms with E-state index in [1.165, 1.54) is 0 Å². The maximum atomic E-state index is 12.2. The Kier molecular flexibility index (Phi) is 6.97. The van der Waals surface area contributed by atoms with Gasteiger partial charge in [-0.05, 0) is 5.41 Å². The molecular weight excluding hydrogens is 361 g/mol. The molecule has 0 spiro atoms. The zero-order valence-electron chi connectivity index (χ0n) is 11.8. The zero-order valence-corrected chi connectivity index (χ0v) is 11.8. The van der Waals surface area contributed by atoms with Gasteiger partial charge < -0.3 is 10.2 Å². The van der Waals surface area contributed by atoms with Gasteiger partial charge in [0.1, 0.15) is 0 Å². The Hall–Kier alpha value is -0.850. The first kappa shape index (κ1) is 24.4. The second-order valence-corrected chi connectivity index (χ2v) is 5.50. The van der Waals surface area contributed by atoms with Crippen LogP contribution in [0.2, 0.25) is 0 Å². The molecule has 0 aliphatic rings. The minimum Gasteiger partial charge on any atom is -0.396 e. The first-order valence-electron chi connectivity index (χ1n) is 5.47. The van der Waals surface area contributed by atoms with Crippen molar-refractivity contribution in [1.82, 2.24) is 0 Å². The predicted octanol–water partition coefficient (Wildman–Crippen LogP) is 4.06. The summed E-state index contributed by atoms with van der Waals surface area (Å²) in [4.78, 5) is 0. The standard InChI is InChI=1S/C5HF11O.C5H12O/c6-2(7,5(14,15)16)1(17,3(8,9)10)4(11,12)13;1-5(2,3)4-6/h17H;6H,4H2,1-3H3. The predicted molar refractivity (Wildman–Crippen MR) is 54.6 cm³/mol. The third-order valence-corrected chi connectivity index (χ3v) is 2.11. The highest BCUT2D eigenvalue weighted by atomic mass is 19.4. The third-order valence-electron chi connectivity index (χ3n) is 2.11. The van der Waals surface area contributed by atoms with E-state index >= 15 is 0 Å². The summed E-state index contributed by atoms with van der Waals surface area (Å²) in [5.74, 6) is -7.43. The van der Waals surface area contributed by atoms with E-state index in [1.807, 2.05) is 20.8 Å². The summed E-state index contributed by atoms with van der Waals surface area (Å²) in [5.41, 5.74) is -7.11. The number of hydrogen-bond donors (Lipinski definition) is 2. The molecule has 0 fully saturated rings. The average Bonchev–Trinajstić information content (AvgIpc) is 2.22. The molecule has 0 rings (SSSR count). The Morgan fingerprint density at radius 1 is 0.609 bits per heavy atom. The lowest BCUT2D eigenvalue weighted by Crippen LogP contribution is -2.71. The van der Waals surface area contributed by atoms with Crippen LogP contribution in [0.15, 0.2) is 0 Å². The molecule has 0 bridgehead atoms. The molecule has 2 N–H and O–H groups in total. The van der Waals surface area contributed by atoms with Crippen LogP contribution in [0.1, 0.15) is 20.8 Å². The minimum absolute atomic E-state index is 0.0972. The second-order valence-electron chi connectivity index (χ2n) is 5.50. The van der Waals surface area contributed by atoms with E-state index in [1.54, 1.807) is 0 Å². The fourth-order valence-electron chi connectivity index (χ4n) is 0.722. The summed E-state index contributed by atoms with van der Waals surface area (Å²) in [5, 5.41) is 16.2. The van der Waals surface area contributed by atoms with Gasteiger partial charge in [-0.3, -0.25) is 0 Å². The highest BCUT2D eigenvalue weighted by molar-refractivity contribution is 5.07. The monoisotopic (exact) mass is 374 g/mol. The van der Waals surface area contributed by atoms with Crippen LogP contribution in [0.5, 0.6) is 0 Å².